The predicted octanol–water partition coefficient (Wildman–Crippen LogP) is 1.47. The predicted molar refractivity (Wildman–Crippen MR) is 62.6 cm³/mol. The van der Waals surface area contributed by atoms with Crippen molar-refractivity contribution in [3.8, 4) is 5.88 Å². The Hall–Kier alpha value is -1.16. The zero-order valence-electron chi connectivity index (χ0n) is 9.99. The second kappa shape index (κ2) is 5.25. The molecule has 1 aliphatic rings. The number of aromatic nitrogens is 2. The molecule has 1 aliphatic heterocycles. The fourth-order valence-electron chi connectivity index (χ4n) is 1.94. The van der Waals surface area contributed by atoms with E-state index in [1.165, 1.54) is 6.42 Å². The Morgan fingerprint density at radius 2 is 2.38 bits per heavy atom. The number of nitrogens with zero attached hydrogens (tertiary/aromatic N) is 2. The molecule has 1 saturated heterocycles. The summed E-state index contributed by atoms with van der Waals surface area (Å²) in [6.07, 6.45) is 4.13. The van der Waals surface area contributed by atoms with Gasteiger partial charge in [-0.2, -0.15) is 0 Å². The molecule has 16 heavy (non-hydrogen) atoms. The molecule has 1 unspecified atom stereocenters. The first-order chi connectivity index (χ1) is 7.75. The monoisotopic (exact) mass is 221 g/mol. The Kier molecular flexibility index (Phi) is 3.72. The number of hydrogen-bond acceptors (Lipinski definition) is 4. The smallest absolute Gasteiger partial charge is 0.235 e. The van der Waals surface area contributed by atoms with Crippen molar-refractivity contribution in [3.05, 3.63) is 17.6 Å². The molecule has 88 valence electrons. The lowest BCUT2D eigenvalue weighted by Crippen LogP contribution is -2.12. The third-order valence-electron chi connectivity index (χ3n) is 2.96. The third kappa shape index (κ3) is 2.92. The minimum Gasteiger partial charge on any atom is -0.476 e. The first-order valence-electron chi connectivity index (χ1n) is 5.89. The van der Waals surface area contributed by atoms with Gasteiger partial charge in [0.15, 0.2) is 0 Å². The molecule has 1 aromatic heterocycles. The summed E-state index contributed by atoms with van der Waals surface area (Å²) in [4.78, 5) is 8.57. The van der Waals surface area contributed by atoms with E-state index in [0.29, 0.717) is 5.88 Å². The zero-order valence-corrected chi connectivity index (χ0v) is 9.99. The second-order valence-corrected chi connectivity index (χ2v) is 4.40. The molecule has 4 nitrogen and oxygen atoms in total. The van der Waals surface area contributed by atoms with Gasteiger partial charge in [-0.25, -0.2) is 4.98 Å². The lowest BCUT2D eigenvalue weighted by atomic mass is 10.1. The van der Waals surface area contributed by atoms with Gasteiger partial charge >= 0.3 is 0 Å². The van der Waals surface area contributed by atoms with Crippen molar-refractivity contribution in [3.63, 3.8) is 0 Å². The van der Waals surface area contributed by atoms with Crippen LogP contribution in [0.3, 0.4) is 0 Å². The van der Waals surface area contributed by atoms with Crippen molar-refractivity contribution in [2.45, 2.75) is 26.7 Å². The zero-order chi connectivity index (χ0) is 11.4. The van der Waals surface area contributed by atoms with Crippen molar-refractivity contribution < 1.29 is 4.74 Å². The summed E-state index contributed by atoms with van der Waals surface area (Å²) in [7, 11) is 0. The highest BCUT2D eigenvalue weighted by atomic mass is 16.5. The molecule has 0 bridgehead atoms. The van der Waals surface area contributed by atoms with Crippen LogP contribution in [0.2, 0.25) is 0 Å². The maximum Gasteiger partial charge on any atom is 0.235 e. The number of hydrogen-bond donors (Lipinski definition) is 1. The van der Waals surface area contributed by atoms with Gasteiger partial charge in [0.25, 0.3) is 0 Å². The molecule has 0 radical (unpaired) electrons. The Bertz CT molecular complexity index is 348. The molecule has 0 spiro atoms. The summed E-state index contributed by atoms with van der Waals surface area (Å²) < 4.78 is 5.68. The van der Waals surface area contributed by atoms with E-state index in [1.54, 1.807) is 6.20 Å². The molecule has 4 heteroatoms. The molecule has 1 N–H and O–H groups in total. The van der Waals surface area contributed by atoms with E-state index in [4.69, 9.17) is 4.74 Å². The van der Waals surface area contributed by atoms with E-state index in [2.05, 4.69) is 15.3 Å². The maximum absolute atomic E-state index is 5.68. The average molecular weight is 221 g/mol. The van der Waals surface area contributed by atoms with Crippen LogP contribution in [0.4, 0.5) is 0 Å². The highest BCUT2D eigenvalue weighted by Crippen LogP contribution is 2.15. The van der Waals surface area contributed by atoms with Crippen LogP contribution >= 0.6 is 0 Å². The van der Waals surface area contributed by atoms with Crippen LogP contribution in [-0.2, 0) is 0 Å². The molecule has 0 amide bonds. The van der Waals surface area contributed by atoms with Crippen LogP contribution in [-0.4, -0.2) is 29.7 Å². The average Bonchev–Trinajstić information content (AvgIpc) is 2.76. The summed E-state index contributed by atoms with van der Waals surface area (Å²) in [5.41, 5.74) is 1.78. The quantitative estimate of drug-likeness (QED) is 0.836. The molecular weight excluding hydrogens is 202 g/mol. The molecule has 1 fully saturated rings. The van der Waals surface area contributed by atoms with Crippen molar-refractivity contribution in [1.29, 1.82) is 0 Å². The molecule has 1 atom stereocenters. The normalized spacial score (nSPS) is 20.0. The third-order valence-corrected chi connectivity index (χ3v) is 2.96. The molecule has 1 aromatic rings. The molecular formula is C12H19N3O. The van der Waals surface area contributed by atoms with Crippen LogP contribution in [0, 0.1) is 19.8 Å². The minimum atomic E-state index is 0.686. The molecule has 0 aromatic carbocycles. The van der Waals surface area contributed by atoms with Gasteiger partial charge in [0.05, 0.1) is 18.0 Å². The van der Waals surface area contributed by atoms with Gasteiger partial charge in [0.2, 0.25) is 5.88 Å². The SMILES string of the molecule is Cc1cnc(C)c(OCCC2CCNC2)n1. The Labute approximate surface area is 96.4 Å². The first-order valence-corrected chi connectivity index (χ1v) is 5.89. The fraction of sp³-hybridized carbons (Fsp3) is 0.667. The molecule has 2 heterocycles. The lowest BCUT2D eigenvalue weighted by molar-refractivity contribution is 0.270. The summed E-state index contributed by atoms with van der Waals surface area (Å²) in [6, 6.07) is 0. The fourth-order valence-corrected chi connectivity index (χ4v) is 1.94. The van der Waals surface area contributed by atoms with Crippen LogP contribution in [0.1, 0.15) is 24.2 Å². The van der Waals surface area contributed by atoms with Crippen LogP contribution in [0.5, 0.6) is 5.88 Å². The summed E-state index contributed by atoms with van der Waals surface area (Å²) >= 11 is 0. The van der Waals surface area contributed by atoms with Crippen molar-refractivity contribution in [2.24, 2.45) is 5.92 Å². The van der Waals surface area contributed by atoms with Gasteiger partial charge in [0.1, 0.15) is 0 Å². The molecule has 2 rings (SSSR count). The van der Waals surface area contributed by atoms with E-state index in [1.807, 2.05) is 13.8 Å². The summed E-state index contributed by atoms with van der Waals surface area (Å²) in [6.45, 7) is 6.88. The number of nitrogens with one attached hydrogen (secondary N) is 1. The number of ether oxygens (including phenoxy) is 1. The van der Waals surface area contributed by atoms with Gasteiger partial charge in [-0.05, 0) is 45.7 Å². The van der Waals surface area contributed by atoms with Crippen molar-refractivity contribution >= 4 is 0 Å². The Morgan fingerprint density at radius 3 is 3.12 bits per heavy atom. The largest absolute Gasteiger partial charge is 0.476 e. The Morgan fingerprint density at radius 1 is 1.50 bits per heavy atom. The van der Waals surface area contributed by atoms with E-state index in [-0.39, 0.29) is 0 Å². The standard InChI is InChI=1S/C12H19N3O/c1-9-7-14-10(2)12(15-9)16-6-4-11-3-5-13-8-11/h7,11,13H,3-6,8H2,1-2H3. The van der Waals surface area contributed by atoms with Crippen LogP contribution < -0.4 is 10.1 Å². The van der Waals surface area contributed by atoms with E-state index in [9.17, 15) is 0 Å². The molecule has 0 aliphatic carbocycles. The van der Waals surface area contributed by atoms with Crippen LogP contribution in [0.15, 0.2) is 6.20 Å². The van der Waals surface area contributed by atoms with Gasteiger partial charge in [0, 0.05) is 6.20 Å². The lowest BCUT2D eigenvalue weighted by Gasteiger charge is -2.10. The summed E-state index contributed by atoms with van der Waals surface area (Å²) in [5, 5.41) is 3.36. The highest BCUT2D eigenvalue weighted by molar-refractivity contribution is 5.17. The minimum absolute atomic E-state index is 0.686. The topological polar surface area (TPSA) is 47.0 Å². The maximum atomic E-state index is 5.68. The van der Waals surface area contributed by atoms with Crippen LogP contribution in [0.25, 0.3) is 0 Å². The van der Waals surface area contributed by atoms with E-state index < -0.39 is 0 Å². The number of aryl methyl sites for hydroxylation is 2. The number of rotatable bonds is 4. The van der Waals surface area contributed by atoms with Gasteiger partial charge in [-0.3, -0.25) is 4.98 Å². The Balaban J connectivity index is 1.82. The summed E-state index contributed by atoms with van der Waals surface area (Å²) in [5.74, 6) is 1.45. The van der Waals surface area contributed by atoms with Gasteiger partial charge in [-0.15, -0.1) is 0 Å². The van der Waals surface area contributed by atoms with E-state index in [0.717, 1.165) is 43.4 Å². The molecule has 0 saturated carbocycles. The van der Waals surface area contributed by atoms with Crippen molar-refractivity contribution in [1.82, 2.24) is 15.3 Å². The first kappa shape index (κ1) is 11.3. The van der Waals surface area contributed by atoms with Gasteiger partial charge in [-0.1, -0.05) is 0 Å². The van der Waals surface area contributed by atoms with Crippen molar-refractivity contribution in [2.75, 3.05) is 19.7 Å². The van der Waals surface area contributed by atoms with Gasteiger partial charge < -0.3 is 10.1 Å². The second-order valence-electron chi connectivity index (χ2n) is 4.40. The highest BCUT2D eigenvalue weighted by Gasteiger charge is 2.14. The van der Waals surface area contributed by atoms with E-state index >= 15 is 0 Å².